The fourth-order valence-electron chi connectivity index (χ4n) is 4.76. The molecule has 4 nitrogen and oxygen atoms in total. The van der Waals surface area contributed by atoms with Crippen molar-refractivity contribution in [1.82, 2.24) is 9.80 Å². The molecule has 0 bridgehead atoms. The lowest BCUT2D eigenvalue weighted by molar-refractivity contribution is -0.135. The van der Waals surface area contributed by atoms with Crippen molar-refractivity contribution < 1.29 is 18.3 Å². The number of carbonyl (C=O) groups is 1. The van der Waals surface area contributed by atoms with E-state index in [4.69, 9.17) is 4.74 Å². The monoisotopic (exact) mass is 458 g/mol. The first-order chi connectivity index (χ1) is 15.7. The molecule has 1 aliphatic rings. The van der Waals surface area contributed by atoms with E-state index in [1.54, 1.807) is 13.2 Å². The van der Waals surface area contributed by atoms with Crippen molar-refractivity contribution in [3.8, 4) is 5.75 Å². The SMILES string of the molecule is COc1cccc([C@@H]2CN(Cc3ccc(F)c(F)c3)C[C@@H]2CN(CC(C)C)C(=O)C(C)C)c1. The predicted molar refractivity (Wildman–Crippen MR) is 127 cm³/mol. The van der Waals surface area contributed by atoms with Gasteiger partial charge in [0.05, 0.1) is 7.11 Å². The zero-order valence-electron chi connectivity index (χ0n) is 20.4. The minimum absolute atomic E-state index is 0.0567. The van der Waals surface area contributed by atoms with Crippen molar-refractivity contribution in [3.05, 3.63) is 65.2 Å². The lowest BCUT2D eigenvalue weighted by atomic mass is 9.88. The van der Waals surface area contributed by atoms with Crippen molar-refractivity contribution in [3.63, 3.8) is 0 Å². The van der Waals surface area contributed by atoms with Crippen LogP contribution in [0.2, 0.25) is 0 Å². The van der Waals surface area contributed by atoms with Crippen LogP contribution in [0.4, 0.5) is 8.78 Å². The molecule has 2 atom stereocenters. The van der Waals surface area contributed by atoms with Crippen molar-refractivity contribution in [2.75, 3.05) is 33.3 Å². The van der Waals surface area contributed by atoms with Crippen molar-refractivity contribution in [2.45, 2.75) is 40.2 Å². The summed E-state index contributed by atoms with van der Waals surface area (Å²) in [5.74, 6) is 0.0852. The summed E-state index contributed by atoms with van der Waals surface area (Å²) in [4.78, 5) is 17.2. The van der Waals surface area contributed by atoms with Gasteiger partial charge in [-0.3, -0.25) is 9.69 Å². The number of halogens is 2. The van der Waals surface area contributed by atoms with E-state index in [9.17, 15) is 13.6 Å². The summed E-state index contributed by atoms with van der Waals surface area (Å²) < 4.78 is 32.6. The summed E-state index contributed by atoms with van der Waals surface area (Å²) in [7, 11) is 1.66. The minimum Gasteiger partial charge on any atom is -0.497 e. The summed E-state index contributed by atoms with van der Waals surface area (Å²) in [5, 5.41) is 0. The number of hydrogen-bond acceptors (Lipinski definition) is 3. The van der Waals surface area contributed by atoms with Gasteiger partial charge in [0, 0.05) is 44.6 Å². The third-order valence-corrected chi connectivity index (χ3v) is 6.27. The molecule has 0 radical (unpaired) electrons. The first kappa shape index (κ1) is 25.2. The number of likely N-dealkylation sites (tertiary alicyclic amines) is 1. The third-order valence-electron chi connectivity index (χ3n) is 6.27. The Bertz CT molecular complexity index is 947. The number of amides is 1. The average molecular weight is 459 g/mol. The highest BCUT2D eigenvalue weighted by atomic mass is 19.2. The maximum Gasteiger partial charge on any atom is 0.225 e. The maximum absolute atomic E-state index is 13.8. The molecule has 1 amide bonds. The Morgan fingerprint density at radius 1 is 1.09 bits per heavy atom. The van der Waals surface area contributed by atoms with E-state index < -0.39 is 11.6 Å². The fourth-order valence-corrected chi connectivity index (χ4v) is 4.76. The van der Waals surface area contributed by atoms with Gasteiger partial charge < -0.3 is 9.64 Å². The van der Waals surface area contributed by atoms with Crippen LogP contribution >= 0.6 is 0 Å². The van der Waals surface area contributed by atoms with Crippen LogP contribution in [0.25, 0.3) is 0 Å². The molecule has 1 aliphatic heterocycles. The van der Waals surface area contributed by atoms with E-state index in [-0.39, 0.29) is 23.7 Å². The Balaban J connectivity index is 1.85. The summed E-state index contributed by atoms with van der Waals surface area (Å²) in [6.45, 7) is 11.6. The Morgan fingerprint density at radius 2 is 1.85 bits per heavy atom. The molecule has 0 aliphatic carbocycles. The number of benzene rings is 2. The number of carbonyl (C=O) groups excluding carboxylic acids is 1. The molecule has 0 N–H and O–H groups in total. The molecule has 3 rings (SSSR count). The van der Waals surface area contributed by atoms with Gasteiger partial charge in [-0.2, -0.15) is 0 Å². The number of ether oxygens (including phenoxy) is 1. The number of methoxy groups -OCH3 is 1. The molecular weight excluding hydrogens is 422 g/mol. The normalized spacial score (nSPS) is 18.8. The molecule has 0 aromatic heterocycles. The van der Waals surface area contributed by atoms with E-state index in [2.05, 4.69) is 30.9 Å². The maximum atomic E-state index is 13.8. The molecule has 0 unspecified atom stereocenters. The molecule has 2 aromatic rings. The van der Waals surface area contributed by atoms with Crippen LogP contribution in [-0.4, -0.2) is 49.0 Å². The molecule has 0 spiro atoms. The molecule has 33 heavy (non-hydrogen) atoms. The Hall–Kier alpha value is -2.47. The van der Waals surface area contributed by atoms with E-state index >= 15 is 0 Å². The van der Waals surface area contributed by atoms with Gasteiger partial charge in [0.2, 0.25) is 5.91 Å². The second-order valence-corrected chi connectivity index (χ2v) is 9.88. The highest BCUT2D eigenvalue weighted by Crippen LogP contribution is 2.36. The van der Waals surface area contributed by atoms with Gasteiger partial charge in [-0.15, -0.1) is 0 Å². The molecule has 2 aromatic carbocycles. The van der Waals surface area contributed by atoms with Crippen LogP contribution in [0.3, 0.4) is 0 Å². The van der Waals surface area contributed by atoms with Gasteiger partial charge >= 0.3 is 0 Å². The highest BCUT2D eigenvalue weighted by Gasteiger charge is 2.36. The summed E-state index contributed by atoms with van der Waals surface area (Å²) in [6.07, 6.45) is 0. The van der Waals surface area contributed by atoms with Gasteiger partial charge in [-0.25, -0.2) is 8.78 Å². The first-order valence-corrected chi connectivity index (χ1v) is 11.8. The first-order valence-electron chi connectivity index (χ1n) is 11.8. The number of hydrogen-bond donors (Lipinski definition) is 0. The van der Waals surface area contributed by atoms with Crippen LogP contribution in [0, 0.1) is 29.4 Å². The topological polar surface area (TPSA) is 32.8 Å². The Kier molecular flexibility index (Phi) is 8.46. The summed E-state index contributed by atoms with van der Waals surface area (Å²) in [6, 6.07) is 12.2. The minimum atomic E-state index is -0.830. The quantitative estimate of drug-likeness (QED) is 0.509. The zero-order valence-corrected chi connectivity index (χ0v) is 20.4. The highest BCUT2D eigenvalue weighted by molar-refractivity contribution is 5.78. The van der Waals surface area contributed by atoms with Crippen molar-refractivity contribution >= 4 is 5.91 Å². The van der Waals surface area contributed by atoms with Crippen molar-refractivity contribution in [1.29, 1.82) is 0 Å². The summed E-state index contributed by atoms with van der Waals surface area (Å²) >= 11 is 0. The van der Waals surface area contributed by atoms with E-state index in [0.29, 0.717) is 19.0 Å². The molecular formula is C27H36F2N2O2. The number of nitrogens with zero attached hydrogens (tertiary/aromatic N) is 2. The van der Waals surface area contributed by atoms with E-state index in [1.807, 2.05) is 30.9 Å². The van der Waals surface area contributed by atoms with Crippen LogP contribution in [0.1, 0.15) is 44.7 Å². The van der Waals surface area contributed by atoms with Crippen LogP contribution in [0.15, 0.2) is 42.5 Å². The second kappa shape index (κ2) is 11.1. The van der Waals surface area contributed by atoms with E-state index in [0.717, 1.165) is 30.9 Å². The van der Waals surface area contributed by atoms with Gasteiger partial charge in [0.15, 0.2) is 11.6 Å². The van der Waals surface area contributed by atoms with Gasteiger partial charge in [-0.1, -0.05) is 45.9 Å². The molecule has 180 valence electrons. The largest absolute Gasteiger partial charge is 0.497 e. The molecule has 1 fully saturated rings. The van der Waals surface area contributed by atoms with Gasteiger partial charge in [0.1, 0.15) is 5.75 Å². The predicted octanol–water partition coefficient (Wildman–Crippen LogP) is 5.33. The standard InChI is InChI=1S/C27H36F2N2O2/c1-18(2)13-31(27(32)19(3)4)16-22-15-30(14-20-9-10-25(28)26(29)11-20)17-24(22)21-7-6-8-23(12-21)33-5/h6-12,18-19,22,24H,13-17H2,1-5H3/t22-,24+/m1/s1. The molecule has 6 heteroatoms. The Labute approximate surface area is 196 Å². The molecule has 0 saturated carbocycles. The van der Waals surface area contributed by atoms with Crippen LogP contribution in [-0.2, 0) is 11.3 Å². The van der Waals surface area contributed by atoms with E-state index in [1.165, 1.54) is 17.7 Å². The zero-order chi connectivity index (χ0) is 24.1. The fraction of sp³-hybridized carbons (Fsp3) is 0.519. The summed E-state index contributed by atoms with van der Waals surface area (Å²) in [5.41, 5.74) is 1.92. The van der Waals surface area contributed by atoms with Crippen LogP contribution in [0.5, 0.6) is 5.75 Å². The average Bonchev–Trinajstić information content (AvgIpc) is 3.17. The Morgan fingerprint density at radius 3 is 2.48 bits per heavy atom. The van der Waals surface area contributed by atoms with Crippen molar-refractivity contribution in [2.24, 2.45) is 17.8 Å². The van der Waals surface area contributed by atoms with Crippen LogP contribution < -0.4 is 4.74 Å². The number of rotatable bonds is 9. The lowest BCUT2D eigenvalue weighted by Gasteiger charge is -2.31. The van der Waals surface area contributed by atoms with Gasteiger partial charge in [-0.05, 0) is 47.2 Å². The lowest BCUT2D eigenvalue weighted by Crippen LogP contribution is -2.41. The molecule has 1 heterocycles. The smallest absolute Gasteiger partial charge is 0.225 e. The third kappa shape index (κ3) is 6.53. The molecule has 1 saturated heterocycles. The second-order valence-electron chi connectivity index (χ2n) is 9.88. The van der Waals surface area contributed by atoms with Gasteiger partial charge in [0.25, 0.3) is 0 Å².